The monoisotopic (exact) mass is 424 g/mol. The Morgan fingerprint density at radius 3 is 1.87 bits per heavy atom. The predicted molar refractivity (Wildman–Crippen MR) is 125 cm³/mol. The van der Waals surface area contributed by atoms with Crippen LogP contribution in [0.3, 0.4) is 0 Å². The van der Waals surface area contributed by atoms with Gasteiger partial charge in [-0.2, -0.15) is 0 Å². The minimum atomic E-state index is -0.161. The molecule has 0 atom stereocenters. The van der Waals surface area contributed by atoms with E-state index in [2.05, 4.69) is 27.7 Å². The lowest BCUT2D eigenvalue weighted by molar-refractivity contribution is -0.119. The highest BCUT2D eigenvalue weighted by Gasteiger charge is 2.14. The molecule has 0 saturated carbocycles. The van der Waals surface area contributed by atoms with E-state index in [-0.39, 0.29) is 24.9 Å². The van der Waals surface area contributed by atoms with Gasteiger partial charge in [0.05, 0.1) is 20.2 Å². The summed E-state index contributed by atoms with van der Waals surface area (Å²) < 4.78 is 5.12. The largest absolute Gasteiger partial charge is 0.497 e. The van der Waals surface area contributed by atoms with Crippen LogP contribution in [0, 0.1) is 0 Å². The zero-order valence-electron chi connectivity index (χ0n) is 18.4. The number of carbonyl (C=O) groups excluding carboxylic acids is 2. The lowest BCUT2D eigenvalue weighted by Gasteiger charge is -2.28. The van der Waals surface area contributed by atoms with Crippen molar-refractivity contribution in [3.63, 3.8) is 0 Å². The first-order valence-electron chi connectivity index (χ1n) is 10.9. The molecule has 2 N–H and O–H groups in total. The fraction of sp³-hybridized carbons (Fsp3) is 0.417. The Balaban J connectivity index is 1.46. The molecule has 1 saturated heterocycles. The zero-order chi connectivity index (χ0) is 22.1. The van der Waals surface area contributed by atoms with Crippen LogP contribution in [0.1, 0.15) is 26.2 Å². The van der Waals surface area contributed by atoms with Crippen molar-refractivity contribution in [2.75, 3.05) is 55.4 Å². The zero-order valence-corrected chi connectivity index (χ0v) is 18.4. The van der Waals surface area contributed by atoms with Gasteiger partial charge in [-0.25, -0.2) is 0 Å². The standard InChI is InChI=1S/C24H32N4O3/c1-3-27(18-24(30)26-20-9-13-22(31-2)14-10-20)17-23(29)25-19-7-11-21(12-8-19)28-15-5-4-6-16-28/h7-14H,3-6,15-18H2,1-2H3,(H,25,29)(H,26,30). The molecule has 166 valence electrons. The first-order valence-corrected chi connectivity index (χ1v) is 10.9. The molecule has 0 unspecified atom stereocenters. The Morgan fingerprint density at radius 1 is 0.871 bits per heavy atom. The quantitative estimate of drug-likeness (QED) is 0.644. The van der Waals surface area contributed by atoms with Crippen molar-refractivity contribution in [1.29, 1.82) is 0 Å². The number of rotatable bonds is 9. The number of hydrogen-bond donors (Lipinski definition) is 2. The van der Waals surface area contributed by atoms with Gasteiger partial charge in [-0.05, 0) is 74.3 Å². The van der Waals surface area contributed by atoms with Crippen molar-refractivity contribution in [3.8, 4) is 5.75 Å². The van der Waals surface area contributed by atoms with Crippen LogP contribution in [-0.4, -0.2) is 56.5 Å². The van der Waals surface area contributed by atoms with Gasteiger partial charge in [0, 0.05) is 30.2 Å². The molecule has 7 nitrogen and oxygen atoms in total. The number of benzene rings is 2. The molecule has 0 spiro atoms. The smallest absolute Gasteiger partial charge is 0.238 e. The van der Waals surface area contributed by atoms with Crippen LogP contribution >= 0.6 is 0 Å². The van der Waals surface area contributed by atoms with E-state index >= 15 is 0 Å². The third kappa shape index (κ3) is 7.00. The van der Waals surface area contributed by atoms with E-state index in [9.17, 15) is 9.59 Å². The van der Waals surface area contributed by atoms with Crippen molar-refractivity contribution in [2.24, 2.45) is 0 Å². The third-order valence-electron chi connectivity index (χ3n) is 5.43. The van der Waals surface area contributed by atoms with Gasteiger partial charge in [-0.1, -0.05) is 6.92 Å². The lowest BCUT2D eigenvalue weighted by atomic mass is 10.1. The van der Waals surface area contributed by atoms with Crippen LogP contribution < -0.4 is 20.3 Å². The van der Waals surface area contributed by atoms with E-state index < -0.39 is 0 Å². The average Bonchev–Trinajstić information content (AvgIpc) is 2.80. The van der Waals surface area contributed by atoms with Gasteiger partial charge in [0.2, 0.25) is 11.8 Å². The number of piperidine rings is 1. The highest BCUT2D eigenvalue weighted by molar-refractivity contribution is 5.94. The van der Waals surface area contributed by atoms with Gasteiger partial charge in [-0.3, -0.25) is 14.5 Å². The molecule has 0 radical (unpaired) electrons. The maximum Gasteiger partial charge on any atom is 0.238 e. The number of ether oxygens (including phenoxy) is 1. The molecule has 1 fully saturated rings. The predicted octanol–water partition coefficient (Wildman–Crippen LogP) is 3.58. The van der Waals surface area contributed by atoms with Crippen molar-refractivity contribution in [1.82, 2.24) is 4.90 Å². The molecule has 3 rings (SSSR count). The second kappa shape index (κ2) is 11.4. The van der Waals surface area contributed by atoms with Crippen molar-refractivity contribution < 1.29 is 14.3 Å². The highest BCUT2D eigenvalue weighted by atomic mass is 16.5. The second-order valence-electron chi connectivity index (χ2n) is 7.72. The number of amides is 2. The van der Waals surface area contributed by atoms with E-state index in [1.165, 1.54) is 24.9 Å². The lowest BCUT2D eigenvalue weighted by Crippen LogP contribution is -2.38. The number of nitrogens with zero attached hydrogens (tertiary/aromatic N) is 2. The van der Waals surface area contributed by atoms with Crippen molar-refractivity contribution >= 4 is 28.9 Å². The van der Waals surface area contributed by atoms with Crippen LogP contribution in [0.4, 0.5) is 17.1 Å². The van der Waals surface area contributed by atoms with Gasteiger partial charge in [-0.15, -0.1) is 0 Å². The Labute approximate surface area is 184 Å². The molecular formula is C24H32N4O3. The van der Waals surface area contributed by atoms with Gasteiger partial charge < -0.3 is 20.3 Å². The van der Waals surface area contributed by atoms with E-state index in [0.717, 1.165) is 24.5 Å². The highest BCUT2D eigenvalue weighted by Crippen LogP contribution is 2.21. The minimum absolute atomic E-state index is 0.134. The summed E-state index contributed by atoms with van der Waals surface area (Å²) in [5.74, 6) is 0.435. The van der Waals surface area contributed by atoms with Gasteiger partial charge in [0.15, 0.2) is 0 Å². The number of carbonyl (C=O) groups is 2. The van der Waals surface area contributed by atoms with E-state index in [1.54, 1.807) is 36.3 Å². The van der Waals surface area contributed by atoms with E-state index in [0.29, 0.717) is 12.2 Å². The number of likely N-dealkylation sites (N-methyl/N-ethyl adjacent to an activating group) is 1. The van der Waals surface area contributed by atoms with Crippen molar-refractivity contribution in [3.05, 3.63) is 48.5 Å². The fourth-order valence-corrected chi connectivity index (χ4v) is 3.67. The summed E-state index contributed by atoms with van der Waals surface area (Å²) in [6.07, 6.45) is 3.77. The molecule has 2 aromatic rings. The van der Waals surface area contributed by atoms with Crippen LogP contribution in [0.2, 0.25) is 0 Å². The first-order chi connectivity index (χ1) is 15.1. The molecule has 2 amide bonds. The summed E-state index contributed by atoms with van der Waals surface area (Å²) in [6.45, 7) is 5.01. The topological polar surface area (TPSA) is 73.9 Å². The molecule has 1 heterocycles. The Morgan fingerprint density at radius 2 is 1.39 bits per heavy atom. The van der Waals surface area contributed by atoms with Gasteiger partial charge in [0.25, 0.3) is 0 Å². The number of anilines is 3. The molecule has 1 aliphatic rings. The van der Waals surface area contributed by atoms with Gasteiger partial charge >= 0.3 is 0 Å². The SMILES string of the molecule is CCN(CC(=O)Nc1ccc(OC)cc1)CC(=O)Nc1ccc(N2CCCCC2)cc1. The molecule has 0 aliphatic carbocycles. The van der Waals surface area contributed by atoms with Crippen LogP contribution in [-0.2, 0) is 9.59 Å². The fourth-order valence-electron chi connectivity index (χ4n) is 3.67. The summed E-state index contributed by atoms with van der Waals surface area (Å²) >= 11 is 0. The Hall–Kier alpha value is -3.06. The van der Waals surface area contributed by atoms with Gasteiger partial charge in [0.1, 0.15) is 5.75 Å². The van der Waals surface area contributed by atoms with Crippen molar-refractivity contribution in [2.45, 2.75) is 26.2 Å². The Kier molecular flexibility index (Phi) is 8.29. The number of hydrogen-bond acceptors (Lipinski definition) is 5. The van der Waals surface area contributed by atoms with E-state index in [4.69, 9.17) is 4.74 Å². The second-order valence-corrected chi connectivity index (χ2v) is 7.72. The third-order valence-corrected chi connectivity index (χ3v) is 5.43. The maximum absolute atomic E-state index is 12.5. The summed E-state index contributed by atoms with van der Waals surface area (Å²) in [6, 6.07) is 15.1. The van der Waals surface area contributed by atoms with Crippen LogP contribution in [0.15, 0.2) is 48.5 Å². The molecule has 0 bridgehead atoms. The Bertz CT molecular complexity index is 846. The first kappa shape index (κ1) is 22.6. The van der Waals surface area contributed by atoms with Crippen LogP contribution in [0.5, 0.6) is 5.75 Å². The molecule has 2 aromatic carbocycles. The molecular weight excluding hydrogens is 392 g/mol. The molecule has 31 heavy (non-hydrogen) atoms. The molecule has 1 aliphatic heterocycles. The maximum atomic E-state index is 12.5. The summed E-state index contributed by atoms with van der Waals surface area (Å²) in [7, 11) is 1.60. The summed E-state index contributed by atoms with van der Waals surface area (Å²) in [4.78, 5) is 29.0. The summed E-state index contributed by atoms with van der Waals surface area (Å²) in [5, 5.41) is 5.77. The van der Waals surface area contributed by atoms with E-state index in [1.807, 2.05) is 19.1 Å². The molecule has 0 aromatic heterocycles. The normalized spacial score (nSPS) is 13.7. The summed E-state index contributed by atoms with van der Waals surface area (Å²) in [5.41, 5.74) is 2.66. The number of methoxy groups -OCH3 is 1. The minimum Gasteiger partial charge on any atom is -0.497 e. The van der Waals surface area contributed by atoms with Crippen LogP contribution in [0.25, 0.3) is 0 Å². The number of nitrogens with one attached hydrogen (secondary N) is 2. The molecule has 7 heteroatoms. The average molecular weight is 425 g/mol.